The molecule has 3 rings (SSSR count). The summed E-state index contributed by atoms with van der Waals surface area (Å²) in [4.78, 5) is 12.5. The molecule has 1 heterocycles. The van der Waals surface area contributed by atoms with Crippen molar-refractivity contribution in [1.29, 1.82) is 0 Å². The Labute approximate surface area is 158 Å². The maximum Gasteiger partial charge on any atom is 0.251 e. The summed E-state index contributed by atoms with van der Waals surface area (Å²) in [6.07, 6.45) is 1.55. The first-order valence-corrected chi connectivity index (χ1v) is 9.07. The number of amides is 1. The van der Waals surface area contributed by atoms with Crippen LogP contribution < -0.4 is 5.32 Å². The minimum Gasteiger partial charge on any atom is -0.507 e. The number of rotatable bonds is 7. The molecule has 0 unspecified atom stereocenters. The Morgan fingerprint density at radius 1 is 1.30 bits per heavy atom. The van der Waals surface area contributed by atoms with Crippen molar-refractivity contribution in [2.24, 2.45) is 0 Å². The number of benzene rings is 1. The number of carbonyl (C=O) groups excluding carboxylic acids is 1. The fourth-order valence-electron chi connectivity index (χ4n) is 3.50. The number of aromatic hydroxyl groups is 1. The molecule has 27 heavy (non-hydrogen) atoms. The molecule has 8 heteroatoms. The van der Waals surface area contributed by atoms with Gasteiger partial charge in [-0.25, -0.2) is 0 Å². The molecular weight excluding hydrogens is 348 g/mol. The van der Waals surface area contributed by atoms with E-state index in [0.717, 1.165) is 18.7 Å². The van der Waals surface area contributed by atoms with E-state index in [2.05, 4.69) is 15.5 Å². The molecular formula is C19H26N4O4. The smallest absolute Gasteiger partial charge is 0.251 e. The van der Waals surface area contributed by atoms with E-state index in [1.807, 2.05) is 4.57 Å². The average molecular weight is 374 g/mol. The van der Waals surface area contributed by atoms with Gasteiger partial charge in [0.15, 0.2) is 5.82 Å². The number of aliphatic hydroxyl groups is 1. The SMILES string of the molecule is COCCn1c(CO)nnc1C1CC(NC(=O)c2cc(C)c(O)c(C)c2)C1. The number of nitrogens with one attached hydrogen (secondary N) is 1. The van der Waals surface area contributed by atoms with Crippen molar-refractivity contribution < 1.29 is 19.7 Å². The number of aromatic nitrogens is 3. The van der Waals surface area contributed by atoms with E-state index in [1.54, 1.807) is 33.1 Å². The van der Waals surface area contributed by atoms with Crippen LogP contribution in [-0.4, -0.2) is 50.6 Å². The van der Waals surface area contributed by atoms with E-state index in [0.29, 0.717) is 35.7 Å². The first kappa shape index (κ1) is 19.3. The first-order chi connectivity index (χ1) is 12.9. The van der Waals surface area contributed by atoms with Gasteiger partial charge in [-0.2, -0.15) is 0 Å². The molecule has 0 aliphatic heterocycles. The van der Waals surface area contributed by atoms with Gasteiger partial charge in [-0.15, -0.1) is 10.2 Å². The molecule has 8 nitrogen and oxygen atoms in total. The minimum absolute atomic E-state index is 0.0714. The van der Waals surface area contributed by atoms with Gasteiger partial charge < -0.3 is 24.8 Å². The van der Waals surface area contributed by atoms with E-state index in [-0.39, 0.29) is 30.2 Å². The van der Waals surface area contributed by atoms with Crippen molar-refractivity contribution in [3.05, 3.63) is 40.5 Å². The fourth-order valence-corrected chi connectivity index (χ4v) is 3.50. The normalized spacial score (nSPS) is 19.0. The second kappa shape index (κ2) is 8.06. The van der Waals surface area contributed by atoms with Crippen LogP contribution in [0.25, 0.3) is 0 Å². The number of ether oxygens (including phenoxy) is 1. The number of hydrogen-bond acceptors (Lipinski definition) is 6. The molecule has 1 aliphatic rings. The second-order valence-electron chi connectivity index (χ2n) is 7.07. The Hall–Kier alpha value is -2.45. The number of methoxy groups -OCH3 is 1. The highest BCUT2D eigenvalue weighted by Crippen LogP contribution is 2.36. The predicted octanol–water partition coefficient (Wildman–Crippen LogP) is 1.42. The number of phenolic OH excluding ortho intramolecular Hbond substituents is 1. The van der Waals surface area contributed by atoms with Gasteiger partial charge in [-0.05, 0) is 49.9 Å². The molecule has 2 aromatic rings. The molecule has 1 saturated carbocycles. The largest absolute Gasteiger partial charge is 0.507 e. The number of carbonyl (C=O) groups is 1. The summed E-state index contributed by atoms with van der Waals surface area (Å²) in [5.41, 5.74) is 1.93. The average Bonchev–Trinajstić information content (AvgIpc) is 3.02. The lowest BCUT2D eigenvalue weighted by Crippen LogP contribution is -2.44. The van der Waals surface area contributed by atoms with Crippen molar-refractivity contribution in [2.45, 2.75) is 51.8 Å². The Balaban J connectivity index is 1.62. The molecule has 1 fully saturated rings. The van der Waals surface area contributed by atoms with Gasteiger partial charge in [-0.1, -0.05) is 0 Å². The third-order valence-corrected chi connectivity index (χ3v) is 5.11. The highest BCUT2D eigenvalue weighted by Gasteiger charge is 2.35. The Bertz CT molecular complexity index is 804. The van der Waals surface area contributed by atoms with Gasteiger partial charge in [-0.3, -0.25) is 4.79 Å². The van der Waals surface area contributed by atoms with Crippen molar-refractivity contribution in [2.75, 3.05) is 13.7 Å². The highest BCUT2D eigenvalue weighted by atomic mass is 16.5. The highest BCUT2D eigenvalue weighted by molar-refractivity contribution is 5.95. The molecule has 0 bridgehead atoms. The van der Waals surface area contributed by atoms with E-state index >= 15 is 0 Å². The lowest BCUT2D eigenvalue weighted by Gasteiger charge is -2.35. The molecule has 3 N–H and O–H groups in total. The van der Waals surface area contributed by atoms with Gasteiger partial charge >= 0.3 is 0 Å². The summed E-state index contributed by atoms with van der Waals surface area (Å²) in [6.45, 7) is 4.51. The summed E-state index contributed by atoms with van der Waals surface area (Å²) >= 11 is 0. The summed E-state index contributed by atoms with van der Waals surface area (Å²) in [7, 11) is 1.63. The number of phenols is 1. The monoisotopic (exact) mass is 374 g/mol. The number of aryl methyl sites for hydroxylation is 2. The Morgan fingerprint density at radius 2 is 1.96 bits per heavy atom. The van der Waals surface area contributed by atoms with Gasteiger partial charge in [0, 0.05) is 31.2 Å². The standard InChI is InChI=1S/C19H26N4O4/c1-11-6-14(7-12(2)17(11)25)19(26)20-15-8-13(9-15)18-22-21-16(10-24)23(18)4-5-27-3/h6-7,13,15,24-25H,4-5,8-10H2,1-3H3,(H,20,26). The fraction of sp³-hybridized carbons (Fsp3) is 0.526. The van der Waals surface area contributed by atoms with Crippen molar-refractivity contribution in [3.63, 3.8) is 0 Å². The maximum absolute atomic E-state index is 12.5. The van der Waals surface area contributed by atoms with Crippen molar-refractivity contribution in [1.82, 2.24) is 20.1 Å². The second-order valence-corrected chi connectivity index (χ2v) is 7.07. The van der Waals surface area contributed by atoms with Gasteiger partial charge in [0.1, 0.15) is 18.2 Å². The third-order valence-electron chi connectivity index (χ3n) is 5.11. The Kier molecular flexibility index (Phi) is 5.76. The van der Waals surface area contributed by atoms with E-state index in [4.69, 9.17) is 4.74 Å². The van der Waals surface area contributed by atoms with Crippen LogP contribution in [0.15, 0.2) is 12.1 Å². The van der Waals surface area contributed by atoms with Crippen LogP contribution >= 0.6 is 0 Å². The molecule has 1 aliphatic carbocycles. The van der Waals surface area contributed by atoms with Crippen LogP contribution in [0.3, 0.4) is 0 Å². The summed E-state index contributed by atoms with van der Waals surface area (Å²) in [6, 6.07) is 3.47. The number of aliphatic hydroxyl groups excluding tert-OH is 1. The molecule has 1 aromatic carbocycles. The van der Waals surface area contributed by atoms with E-state index in [1.165, 1.54) is 0 Å². The quantitative estimate of drug-likeness (QED) is 0.676. The van der Waals surface area contributed by atoms with Gasteiger partial charge in [0.25, 0.3) is 5.91 Å². The number of hydrogen-bond donors (Lipinski definition) is 3. The zero-order valence-electron chi connectivity index (χ0n) is 15.9. The van der Waals surface area contributed by atoms with Crippen LogP contribution in [0.1, 0.15) is 51.9 Å². The van der Waals surface area contributed by atoms with Crippen LogP contribution in [0.5, 0.6) is 5.75 Å². The van der Waals surface area contributed by atoms with Crippen LogP contribution in [0.2, 0.25) is 0 Å². The van der Waals surface area contributed by atoms with Crippen molar-refractivity contribution in [3.8, 4) is 5.75 Å². The Morgan fingerprint density at radius 3 is 2.56 bits per heavy atom. The lowest BCUT2D eigenvalue weighted by molar-refractivity contribution is 0.0906. The summed E-state index contributed by atoms with van der Waals surface area (Å²) < 4.78 is 7.02. The van der Waals surface area contributed by atoms with Crippen molar-refractivity contribution >= 4 is 5.91 Å². The van der Waals surface area contributed by atoms with Crippen LogP contribution in [0, 0.1) is 13.8 Å². The van der Waals surface area contributed by atoms with E-state index in [9.17, 15) is 15.0 Å². The number of nitrogens with zero attached hydrogens (tertiary/aromatic N) is 3. The molecule has 1 aromatic heterocycles. The van der Waals surface area contributed by atoms with Gasteiger partial charge in [0.2, 0.25) is 0 Å². The molecule has 0 saturated heterocycles. The van der Waals surface area contributed by atoms with Crippen LogP contribution in [-0.2, 0) is 17.9 Å². The lowest BCUT2D eigenvalue weighted by atomic mass is 9.79. The zero-order valence-corrected chi connectivity index (χ0v) is 15.9. The molecule has 146 valence electrons. The predicted molar refractivity (Wildman–Crippen MR) is 98.6 cm³/mol. The molecule has 0 atom stereocenters. The molecule has 0 spiro atoms. The van der Waals surface area contributed by atoms with Gasteiger partial charge in [0.05, 0.1) is 6.61 Å². The summed E-state index contributed by atoms with van der Waals surface area (Å²) in [5, 5.41) is 30.6. The molecule has 0 radical (unpaired) electrons. The maximum atomic E-state index is 12.5. The minimum atomic E-state index is -0.164. The summed E-state index contributed by atoms with van der Waals surface area (Å²) in [5.74, 6) is 1.65. The van der Waals surface area contributed by atoms with Crippen LogP contribution in [0.4, 0.5) is 0 Å². The molecule has 1 amide bonds. The third kappa shape index (κ3) is 3.96. The topological polar surface area (TPSA) is 110 Å². The first-order valence-electron chi connectivity index (χ1n) is 9.07. The van der Waals surface area contributed by atoms with E-state index < -0.39 is 0 Å². The zero-order chi connectivity index (χ0) is 19.6.